The monoisotopic (exact) mass is 156 g/mol. The fourth-order valence-electron chi connectivity index (χ4n) is 2.51. The van der Waals surface area contributed by atoms with Crippen molar-refractivity contribution in [3.8, 4) is 0 Å². The van der Waals surface area contributed by atoms with Crippen LogP contribution in [0.1, 0.15) is 20.3 Å². The Bertz CT molecular complexity index is 152. The van der Waals surface area contributed by atoms with Gasteiger partial charge < -0.3 is 9.84 Å². The minimum atomic E-state index is 0.304. The fourth-order valence-corrected chi connectivity index (χ4v) is 2.51. The predicted molar refractivity (Wildman–Crippen MR) is 42.2 cm³/mol. The van der Waals surface area contributed by atoms with Crippen LogP contribution >= 0.6 is 0 Å². The first-order valence-electron chi connectivity index (χ1n) is 4.50. The van der Waals surface area contributed by atoms with Gasteiger partial charge in [0.2, 0.25) is 0 Å². The molecule has 0 aromatic rings. The van der Waals surface area contributed by atoms with Crippen LogP contribution in [0.2, 0.25) is 0 Å². The molecule has 0 amide bonds. The number of aliphatic hydroxyl groups excluding tert-OH is 1. The molecule has 2 aliphatic heterocycles. The molecule has 2 heterocycles. The molecule has 2 bridgehead atoms. The summed E-state index contributed by atoms with van der Waals surface area (Å²) < 4.78 is 5.74. The summed E-state index contributed by atoms with van der Waals surface area (Å²) in [6.45, 7) is 4.79. The van der Waals surface area contributed by atoms with E-state index in [0.717, 1.165) is 6.42 Å². The van der Waals surface area contributed by atoms with Gasteiger partial charge in [-0.2, -0.15) is 0 Å². The molecule has 64 valence electrons. The van der Waals surface area contributed by atoms with E-state index in [1.807, 2.05) is 0 Å². The average molecular weight is 156 g/mol. The summed E-state index contributed by atoms with van der Waals surface area (Å²) in [6, 6.07) is 0. The molecule has 0 spiro atoms. The average Bonchev–Trinajstić information content (AvgIpc) is 2.53. The van der Waals surface area contributed by atoms with Crippen molar-refractivity contribution < 1.29 is 9.84 Å². The Morgan fingerprint density at radius 1 is 1.36 bits per heavy atom. The van der Waals surface area contributed by atoms with Crippen molar-refractivity contribution in [3.05, 3.63) is 0 Å². The zero-order valence-corrected chi connectivity index (χ0v) is 7.16. The van der Waals surface area contributed by atoms with Crippen LogP contribution in [0.25, 0.3) is 0 Å². The molecule has 2 heteroatoms. The van der Waals surface area contributed by atoms with E-state index in [4.69, 9.17) is 9.84 Å². The van der Waals surface area contributed by atoms with Gasteiger partial charge in [0, 0.05) is 12.5 Å². The lowest BCUT2D eigenvalue weighted by molar-refractivity contribution is 0.0635. The zero-order chi connectivity index (χ0) is 8.01. The van der Waals surface area contributed by atoms with Crippen LogP contribution in [0.3, 0.4) is 0 Å². The van der Waals surface area contributed by atoms with Gasteiger partial charge in [0.25, 0.3) is 0 Å². The Kier molecular flexibility index (Phi) is 1.69. The van der Waals surface area contributed by atoms with E-state index >= 15 is 0 Å². The van der Waals surface area contributed by atoms with Gasteiger partial charge in [-0.1, -0.05) is 13.8 Å². The molecule has 2 fully saturated rings. The van der Waals surface area contributed by atoms with Crippen molar-refractivity contribution >= 4 is 0 Å². The second kappa shape index (κ2) is 2.46. The van der Waals surface area contributed by atoms with Gasteiger partial charge in [-0.05, 0) is 18.3 Å². The highest BCUT2D eigenvalue weighted by Crippen LogP contribution is 2.45. The maximum absolute atomic E-state index is 9.01. The standard InChI is InChI=1S/C9H16O2/c1-5-6(2)9-7(4-10)3-8(5)11-9/h5-10H,3-4H2,1-2H3. The molecule has 2 saturated heterocycles. The third-order valence-corrected chi connectivity index (χ3v) is 3.50. The molecule has 0 saturated carbocycles. The van der Waals surface area contributed by atoms with Crippen molar-refractivity contribution in [1.29, 1.82) is 0 Å². The van der Waals surface area contributed by atoms with Crippen molar-refractivity contribution in [2.24, 2.45) is 17.8 Å². The minimum absolute atomic E-state index is 0.304. The first-order chi connectivity index (χ1) is 5.24. The van der Waals surface area contributed by atoms with E-state index in [1.165, 1.54) is 0 Å². The summed E-state index contributed by atoms with van der Waals surface area (Å²) in [5, 5.41) is 9.01. The number of aliphatic hydroxyl groups is 1. The molecule has 2 rings (SSSR count). The summed E-state index contributed by atoms with van der Waals surface area (Å²) >= 11 is 0. The molecule has 2 aliphatic rings. The highest BCUT2D eigenvalue weighted by atomic mass is 16.5. The van der Waals surface area contributed by atoms with Crippen molar-refractivity contribution in [2.45, 2.75) is 32.5 Å². The first kappa shape index (κ1) is 7.56. The van der Waals surface area contributed by atoms with Gasteiger partial charge in [-0.3, -0.25) is 0 Å². The molecule has 5 unspecified atom stereocenters. The van der Waals surface area contributed by atoms with Gasteiger partial charge >= 0.3 is 0 Å². The van der Waals surface area contributed by atoms with Crippen LogP contribution in [0.5, 0.6) is 0 Å². The Morgan fingerprint density at radius 3 is 2.55 bits per heavy atom. The minimum Gasteiger partial charge on any atom is -0.396 e. The molecule has 11 heavy (non-hydrogen) atoms. The Morgan fingerprint density at radius 2 is 2.09 bits per heavy atom. The summed E-state index contributed by atoms with van der Waals surface area (Å²) in [5.74, 6) is 1.76. The molecule has 2 nitrogen and oxygen atoms in total. The predicted octanol–water partition coefficient (Wildman–Crippen LogP) is 1.04. The quantitative estimate of drug-likeness (QED) is 0.614. The van der Waals surface area contributed by atoms with Gasteiger partial charge in [0.1, 0.15) is 0 Å². The number of rotatable bonds is 1. The van der Waals surface area contributed by atoms with Gasteiger partial charge in [-0.25, -0.2) is 0 Å². The Balaban J connectivity index is 2.10. The Hall–Kier alpha value is -0.0800. The smallest absolute Gasteiger partial charge is 0.0659 e. The van der Waals surface area contributed by atoms with Gasteiger partial charge in [0.15, 0.2) is 0 Å². The maximum atomic E-state index is 9.01. The largest absolute Gasteiger partial charge is 0.396 e. The molecule has 0 aromatic carbocycles. The van der Waals surface area contributed by atoms with Crippen molar-refractivity contribution in [2.75, 3.05) is 6.61 Å². The lowest BCUT2D eigenvalue weighted by Gasteiger charge is -2.26. The van der Waals surface area contributed by atoms with E-state index in [9.17, 15) is 0 Å². The lowest BCUT2D eigenvalue weighted by Crippen LogP contribution is -2.31. The van der Waals surface area contributed by atoms with Crippen LogP contribution in [0.15, 0.2) is 0 Å². The molecule has 1 N–H and O–H groups in total. The normalized spacial score (nSPS) is 55.4. The maximum Gasteiger partial charge on any atom is 0.0659 e. The number of hydrogen-bond acceptors (Lipinski definition) is 2. The van der Waals surface area contributed by atoms with Crippen LogP contribution in [-0.2, 0) is 4.74 Å². The zero-order valence-electron chi connectivity index (χ0n) is 7.16. The highest BCUT2D eigenvalue weighted by molar-refractivity contribution is 4.97. The van der Waals surface area contributed by atoms with Crippen LogP contribution in [0.4, 0.5) is 0 Å². The summed E-state index contributed by atoms with van der Waals surface area (Å²) in [7, 11) is 0. The molecular weight excluding hydrogens is 140 g/mol. The molecule has 0 radical (unpaired) electrons. The van der Waals surface area contributed by atoms with Gasteiger partial charge in [-0.15, -0.1) is 0 Å². The van der Waals surface area contributed by atoms with E-state index < -0.39 is 0 Å². The number of hydrogen-bond donors (Lipinski definition) is 1. The topological polar surface area (TPSA) is 29.5 Å². The summed E-state index contributed by atoms with van der Waals surface area (Å²) in [4.78, 5) is 0. The van der Waals surface area contributed by atoms with E-state index in [0.29, 0.717) is 36.6 Å². The SMILES string of the molecule is CC1C2CC(CO)C(O2)C1C. The fraction of sp³-hybridized carbons (Fsp3) is 1.00. The molecule has 5 atom stereocenters. The van der Waals surface area contributed by atoms with Crippen LogP contribution in [-0.4, -0.2) is 23.9 Å². The van der Waals surface area contributed by atoms with Crippen LogP contribution in [0, 0.1) is 17.8 Å². The second-order valence-corrected chi connectivity index (χ2v) is 4.04. The van der Waals surface area contributed by atoms with Gasteiger partial charge in [0.05, 0.1) is 12.2 Å². The number of ether oxygens (including phenoxy) is 1. The second-order valence-electron chi connectivity index (χ2n) is 4.04. The molecule has 0 aromatic heterocycles. The first-order valence-corrected chi connectivity index (χ1v) is 4.50. The van der Waals surface area contributed by atoms with E-state index in [-0.39, 0.29) is 0 Å². The highest BCUT2D eigenvalue weighted by Gasteiger charge is 2.49. The van der Waals surface area contributed by atoms with E-state index in [1.54, 1.807) is 0 Å². The third-order valence-electron chi connectivity index (χ3n) is 3.50. The van der Waals surface area contributed by atoms with Crippen LogP contribution < -0.4 is 0 Å². The molecule has 0 aliphatic carbocycles. The third kappa shape index (κ3) is 0.926. The van der Waals surface area contributed by atoms with Crippen molar-refractivity contribution in [1.82, 2.24) is 0 Å². The number of fused-ring (bicyclic) bond motifs is 2. The van der Waals surface area contributed by atoms with Crippen molar-refractivity contribution in [3.63, 3.8) is 0 Å². The Labute approximate surface area is 67.6 Å². The summed E-state index contributed by atoms with van der Waals surface area (Å²) in [6.07, 6.45) is 1.86. The summed E-state index contributed by atoms with van der Waals surface area (Å²) in [5.41, 5.74) is 0. The lowest BCUT2D eigenvalue weighted by atomic mass is 9.76. The van der Waals surface area contributed by atoms with E-state index in [2.05, 4.69) is 13.8 Å². The molecular formula is C9H16O2.